The summed E-state index contributed by atoms with van der Waals surface area (Å²) < 4.78 is 18.9. The molecule has 3 heterocycles. The minimum atomic E-state index is -0.205. The molecule has 4 nitrogen and oxygen atoms in total. The Morgan fingerprint density at radius 2 is 2.04 bits per heavy atom. The Bertz CT molecular complexity index is 718. The summed E-state index contributed by atoms with van der Waals surface area (Å²) in [4.78, 5) is 11.9. The first-order chi connectivity index (χ1) is 12.3. The second-order valence-electron chi connectivity index (χ2n) is 6.98. The standard InChI is InChI=1S/C20H24FN3O/c21-16-4-1-3-15(11-16)12-17-13-22-14-19(23-17)20-5-2-8-24(20)18-6-9-25-10-7-18/h1,3-4,11,13-14,18,20H,2,5-10,12H2. The number of likely N-dealkylation sites (tertiary alicyclic amines) is 1. The first kappa shape index (κ1) is 16.6. The van der Waals surface area contributed by atoms with Crippen molar-refractivity contribution in [1.82, 2.24) is 14.9 Å². The molecule has 1 unspecified atom stereocenters. The molecule has 0 aliphatic carbocycles. The largest absolute Gasteiger partial charge is 0.381 e. The number of ether oxygens (including phenoxy) is 1. The van der Waals surface area contributed by atoms with Crippen molar-refractivity contribution in [3.63, 3.8) is 0 Å². The van der Waals surface area contributed by atoms with Gasteiger partial charge in [0.25, 0.3) is 0 Å². The lowest BCUT2D eigenvalue weighted by Crippen LogP contribution is -2.39. The summed E-state index contributed by atoms with van der Waals surface area (Å²) in [6, 6.07) is 7.65. The molecule has 0 amide bonds. The summed E-state index contributed by atoms with van der Waals surface area (Å²) in [6.07, 6.45) is 8.86. The molecule has 0 saturated carbocycles. The Morgan fingerprint density at radius 1 is 1.16 bits per heavy atom. The molecule has 2 aromatic rings. The van der Waals surface area contributed by atoms with Crippen LogP contribution in [0.25, 0.3) is 0 Å². The van der Waals surface area contributed by atoms with Gasteiger partial charge in [0.1, 0.15) is 5.82 Å². The highest BCUT2D eigenvalue weighted by Gasteiger charge is 2.33. The molecular formula is C20H24FN3O. The van der Waals surface area contributed by atoms with Crippen LogP contribution in [-0.2, 0) is 11.2 Å². The molecule has 2 saturated heterocycles. The predicted octanol–water partition coefficient (Wildman–Crippen LogP) is 3.52. The van der Waals surface area contributed by atoms with Gasteiger partial charge >= 0.3 is 0 Å². The second-order valence-corrected chi connectivity index (χ2v) is 6.98. The molecule has 5 heteroatoms. The average molecular weight is 341 g/mol. The topological polar surface area (TPSA) is 38.2 Å². The highest BCUT2D eigenvalue weighted by molar-refractivity contribution is 5.22. The van der Waals surface area contributed by atoms with Crippen LogP contribution in [0.15, 0.2) is 36.7 Å². The van der Waals surface area contributed by atoms with Crippen LogP contribution in [0.3, 0.4) is 0 Å². The van der Waals surface area contributed by atoms with Gasteiger partial charge in [0.2, 0.25) is 0 Å². The zero-order valence-corrected chi connectivity index (χ0v) is 14.4. The highest BCUT2D eigenvalue weighted by Crippen LogP contribution is 2.35. The van der Waals surface area contributed by atoms with E-state index in [0.717, 1.165) is 56.0 Å². The minimum absolute atomic E-state index is 0.205. The van der Waals surface area contributed by atoms with E-state index in [1.54, 1.807) is 18.3 Å². The molecule has 1 aromatic heterocycles. The van der Waals surface area contributed by atoms with Gasteiger partial charge in [0.15, 0.2) is 0 Å². The summed E-state index contributed by atoms with van der Waals surface area (Å²) in [7, 11) is 0. The molecule has 25 heavy (non-hydrogen) atoms. The smallest absolute Gasteiger partial charge is 0.123 e. The van der Waals surface area contributed by atoms with Crippen molar-refractivity contribution in [3.8, 4) is 0 Å². The number of rotatable bonds is 4. The van der Waals surface area contributed by atoms with E-state index < -0.39 is 0 Å². The Balaban J connectivity index is 1.52. The van der Waals surface area contributed by atoms with Crippen molar-refractivity contribution in [2.24, 2.45) is 0 Å². The molecule has 0 spiro atoms. The normalized spacial score (nSPS) is 22.4. The third-order valence-electron chi connectivity index (χ3n) is 5.27. The molecule has 132 valence electrons. The van der Waals surface area contributed by atoms with Crippen molar-refractivity contribution in [3.05, 3.63) is 59.4 Å². The van der Waals surface area contributed by atoms with Gasteiger partial charge in [0, 0.05) is 38.1 Å². The molecule has 2 fully saturated rings. The van der Waals surface area contributed by atoms with Crippen molar-refractivity contribution >= 4 is 0 Å². The molecule has 0 N–H and O–H groups in total. The van der Waals surface area contributed by atoms with E-state index in [0.29, 0.717) is 18.5 Å². The van der Waals surface area contributed by atoms with E-state index in [4.69, 9.17) is 9.72 Å². The maximum atomic E-state index is 13.4. The SMILES string of the molecule is Fc1cccc(Cc2cncc(C3CCCN3C3CCOCC3)n2)c1. The van der Waals surface area contributed by atoms with Gasteiger partial charge in [-0.25, -0.2) is 4.39 Å². The number of nitrogens with zero attached hydrogens (tertiary/aromatic N) is 3. The molecule has 0 radical (unpaired) electrons. The molecule has 1 aromatic carbocycles. The van der Waals surface area contributed by atoms with Crippen molar-refractivity contribution in [1.29, 1.82) is 0 Å². The van der Waals surface area contributed by atoms with E-state index in [1.165, 1.54) is 12.5 Å². The maximum absolute atomic E-state index is 13.4. The van der Waals surface area contributed by atoms with E-state index in [-0.39, 0.29) is 5.82 Å². The molecule has 0 bridgehead atoms. The number of halogens is 1. The molecular weight excluding hydrogens is 317 g/mol. The first-order valence-corrected chi connectivity index (χ1v) is 9.18. The Labute approximate surface area is 148 Å². The summed E-state index contributed by atoms with van der Waals surface area (Å²) in [6.45, 7) is 2.85. The van der Waals surface area contributed by atoms with Gasteiger partial charge in [-0.1, -0.05) is 12.1 Å². The van der Waals surface area contributed by atoms with Crippen LogP contribution in [0.5, 0.6) is 0 Å². The van der Waals surface area contributed by atoms with E-state index in [2.05, 4.69) is 9.88 Å². The monoisotopic (exact) mass is 341 g/mol. The zero-order chi connectivity index (χ0) is 17.1. The van der Waals surface area contributed by atoms with Gasteiger partial charge < -0.3 is 4.74 Å². The van der Waals surface area contributed by atoms with E-state index in [1.807, 2.05) is 12.3 Å². The number of hydrogen-bond acceptors (Lipinski definition) is 4. The fourth-order valence-electron chi connectivity index (χ4n) is 4.09. The van der Waals surface area contributed by atoms with Gasteiger partial charge in [-0.05, 0) is 49.9 Å². The second kappa shape index (κ2) is 7.58. The summed E-state index contributed by atoms with van der Waals surface area (Å²) in [5, 5.41) is 0. The predicted molar refractivity (Wildman–Crippen MR) is 93.8 cm³/mol. The van der Waals surface area contributed by atoms with Crippen molar-refractivity contribution in [2.45, 2.75) is 44.2 Å². The van der Waals surface area contributed by atoms with Gasteiger partial charge in [0.05, 0.1) is 17.4 Å². The van der Waals surface area contributed by atoms with Crippen LogP contribution in [0.1, 0.15) is 48.7 Å². The number of benzene rings is 1. The fourth-order valence-corrected chi connectivity index (χ4v) is 4.09. The molecule has 1 atom stereocenters. The number of aromatic nitrogens is 2. The Kier molecular flexibility index (Phi) is 5.04. The van der Waals surface area contributed by atoms with Crippen LogP contribution < -0.4 is 0 Å². The van der Waals surface area contributed by atoms with E-state index in [9.17, 15) is 4.39 Å². The molecule has 2 aliphatic heterocycles. The quantitative estimate of drug-likeness (QED) is 0.853. The summed E-state index contributed by atoms with van der Waals surface area (Å²) in [5.41, 5.74) is 2.89. The van der Waals surface area contributed by atoms with Crippen LogP contribution in [0, 0.1) is 5.82 Å². The lowest BCUT2D eigenvalue weighted by atomic mass is 10.0. The van der Waals surface area contributed by atoms with Crippen LogP contribution >= 0.6 is 0 Å². The minimum Gasteiger partial charge on any atom is -0.381 e. The van der Waals surface area contributed by atoms with Gasteiger partial charge in [-0.15, -0.1) is 0 Å². The van der Waals surface area contributed by atoms with Crippen molar-refractivity contribution < 1.29 is 9.13 Å². The Morgan fingerprint density at radius 3 is 2.88 bits per heavy atom. The maximum Gasteiger partial charge on any atom is 0.123 e. The van der Waals surface area contributed by atoms with Gasteiger partial charge in [-0.3, -0.25) is 14.9 Å². The summed E-state index contributed by atoms with van der Waals surface area (Å²) in [5.74, 6) is -0.205. The highest BCUT2D eigenvalue weighted by atomic mass is 19.1. The summed E-state index contributed by atoms with van der Waals surface area (Å²) >= 11 is 0. The lowest BCUT2D eigenvalue weighted by Gasteiger charge is -2.35. The molecule has 4 rings (SSSR count). The third-order valence-corrected chi connectivity index (χ3v) is 5.27. The van der Waals surface area contributed by atoms with Crippen molar-refractivity contribution in [2.75, 3.05) is 19.8 Å². The average Bonchev–Trinajstić information content (AvgIpc) is 3.13. The first-order valence-electron chi connectivity index (χ1n) is 9.18. The fraction of sp³-hybridized carbons (Fsp3) is 0.500. The number of hydrogen-bond donors (Lipinski definition) is 0. The van der Waals surface area contributed by atoms with E-state index >= 15 is 0 Å². The third kappa shape index (κ3) is 3.88. The van der Waals surface area contributed by atoms with Crippen LogP contribution in [0.4, 0.5) is 4.39 Å². The zero-order valence-electron chi connectivity index (χ0n) is 14.4. The van der Waals surface area contributed by atoms with Crippen LogP contribution in [-0.4, -0.2) is 40.7 Å². The molecule has 2 aliphatic rings. The van der Waals surface area contributed by atoms with Gasteiger partial charge in [-0.2, -0.15) is 0 Å². The van der Waals surface area contributed by atoms with Crippen LogP contribution in [0.2, 0.25) is 0 Å². The lowest BCUT2D eigenvalue weighted by molar-refractivity contribution is 0.0284. The Hall–Kier alpha value is -1.85.